The van der Waals surface area contributed by atoms with E-state index in [1.165, 1.54) is 6.08 Å². The fourth-order valence-corrected chi connectivity index (χ4v) is 1.29. The summed E-state index contributed by atoms with van der Waals surface area (Å²) in [5.41, 5.74) is 1.09. The second kappa shape index (κ2) is 6.19. The quantitative estimate of drug-likeness (QED) is 0.809. The predicted molar refractivity (Wildman–Crippen MR) is 57.6 cm³/mol. The highest BCUT2D eigenvalue weighted by Gasteiger charge is 1.96. The third-order valence-electron chi connectivity index (χ3n) is 2.08. The molecule has 0 spiro atoms. The summed E-state index contributed by atoms with van der Waals surface area (Å²) in [6, 6.07) is 7.66. The van der Waals surface area contributed by atoms with E-state index in [0.717, 1.165) is 17.7 Å². The number of hydrogen-bond donors (Lipinski definition) is 1. The lowest BCUT2D eigenvalue weighted by Gasteiger charge is -2.02. The van der Waals surface area contributed by atoms with Crippen molar-refractivity contribution in [1.29, 1.82) is 0 Å². The summed E-state index contributed by atoms with van der Waals surface area (Å²) < 4.78 is 17.6. The lowest BCUT2D eigenvalue weighted by Crippen LogP contribution is -1.88. The molecule has 0 radical (unpaired) electrons. The molecule has 3 heteroatoms. The van der Waals surface area contributed by atoms with Gasteiger partial charge in [-0.1, -0.05) is 18.2 Å². The van der Waals surface area contributed by atoms with Gasteiger partial charge < -0.3 is 9.84 Å². The topological polar surface area (TPSA) is 29.5 Å². The first-order valence-electron chi connectivity index (χ1n) is 4.84. The van der Waals surface area contributed by atoms with Crippen molar-refractivity contribution in [3.05, 3.63) is 41.7 Å². The maximum absolute atomic E-state index is 12.6. The van der Waals surface area contributed by atoms with E-state index in [9.17, 15) is 4.39 Å². The van der Waals surface area contributed by atoms with E-state index in [4.69, 9.17) is 9.84 Å². The van der Waals surface area contributed by atoms with Gasteiger partial charge in [0.05, 0.1) is 13.7 Å². The third kappa shape index (κ3) is 4.13. The molecular formula is C12H15FO2. The van der Waals surface area contributed by atoms with E-state index in [2.05, 4.69) is 0 Å². The minimum Gasteiger partial charge on any atom is -0.497 e. The van der Waals surface area contributed by atoms with Gasteiger partial charge in [0.15, 0.2) is 0 Å². The van der Waals surface area contributed by atoms with Gasteiger partial charge in [-0.05, 0) is 30.5 Å². The molecule has 2 nitrogen and oxygen atoms in total. The maximum Gasteiger partial charge on any atom is 0.121 e. The highest BCUT2D eigenvalue weighted by molar-refractivity contribution is 5.28. The zero-order chi connectivity index (χ0) is 11.1. The lowest BCUT2D eigenvalue weighted by atomic mass is 10.1. The molecule has 0 bridgehead atoms. The van der Waals surface area contributed by atoms with Crippen LogP contribution in [0.15, 0.2) is 36.2 Å². The first-order chi connectivity index (χ1) is 7.26. The molecule has 15 heavy (non-hydrogen) atoms. The van der Waals surface area contributed by atoms with Crippen molar-refractivity contribution in [3.8, 4) is 5.75 Å². The Labute approximate surface area is 89.0 Å². The van der Waals surface area contributed by atoms with Gasteiger partial charge >= 0.3 is 0 Å². The van der Waals surface area contributed by atoms with E-state index < -0.39 is 12.4 Å². The van der Waals surface area contributed by atoms with E-state index in [1.807, 2.05) is 24.3 Å². The number of rotatable bonds is 5. The molecule has 1 aromatic carbocycles. The highest BCUT2D eigenvalue weighted by Crippen LogP contribution is 2.14. The van der Waals surface area contributed by atoms with Crippen molar-refractivity contribution in [2.45, 2.75) is 12.8 Å². The van der Waals surface area contributed by atoms with Crippen molar-refractivity contribution in [2.24, 2.45) is 0 Å². The Kier molecular flexibility index (Phi) is 4.84. The molecule has 1 rings (SSSR count). The second-order valence-electron chi connectivity index (χ2n) is 3.20. The monoisotopic (exact) mass is 210 g/mol. The van der Waals surface area contributed by atoms with Gasteiger partial charge in [0.2, 0.25) is 0 Å². The molecule has 0 atom stereocenters. The summed E-state index contributed by atoms with van der Waals surface area (Å²) in [6.45, 7) is -0.516. The zero-order valence-corrected chi connectivity index (χ0v) is 8.74. The normalized spacial score (nSPS) is 11.5. The van der Waals surface area contributed by atoms with Crippen LogP contribution in [-0.2, 0) is 6.42 Å². The molecule has 0 amide bonds. The average molecular weight is 210 g/mol. The summed E-state index contributed by atoms with van der Waals surface area (Å²) in [4.78, 5) is 0. The molecule has 0 fully saturated rings. The summed E-state index contributed by atoms with van der Waals surface area (Å²) in [5, 5.41) is 8.45. The molecule has 0 aromatic heterocycles. The highest BCUT2D eigenvalue weighted by atomic mass is 19.1. The van der Waals surface area contributed by atoms with Crippen molar-refractivity contribution in [2.75, 3.05) is 13.7 Å². The fraction of sp³-hybridized carbons (Fsp3) is 0.333. The van der Waals surface area contributed by atoms with Crippen LogP contribution < -0.4 is 4.74 Å². The van der Waals surface area contributed by atoms with Crippen LogP contribution >= 0.6 is 0 Å². The molecule has 1 aromatic rings. The predicted octanol–water partition coefficient (Wildman–Crippen LogP) is 2.47. The van der Waals surface area contributed by atoms with Crippen LogP contribution in [0.2, 0.25) is 0 Å². The van der Waals surface area contributed by atoms with Crippen LogP contribution in [0.5, 0.6) is 5.75 Å². The Balaban J connectivity index is 2.50. The van der Waals surface area contributed by atoms with Gasteiger partial charge in [0.1, 0.15) is 11.6 Å². The summed E-state index contributed by atoms with van der Waals surface area (Å²) in [5.74, 6) is 0.331. The van der Waals surface area contributed by atoms with Crippen molar-refractivity contribution < 1.29 is 14.2 Å². The molecule has 0 heterocycles. The smallest absolute Gasteiger partial charge is 0.121 e. The molecule has 0 saturated carbocycles. The largest absolute Gasteiger partial charge is 0.497 e. The number of aliphatic hydroxyl groups excluding tert-OH is 1. The molecule has 1 N–H and O–H groups in total. The fourth-order valence-electron chi connectivity index (χ4n) is 1.29. The lowest BCUT2D eigenvalue weighted by molar-refractivity contribution is 0.297. The van der Waals surface area contributed by atoms with Crippen LogP contribution in [0.4, 0.5) is 4.39 Å². The first kappa shape index (κ1) is 11.7. The Bertz CT molecular complexity index is 334. The molecule has 0 aliphatic rings. The Morgan fingerprint density at radius 3 is 3.00 bits per heavy atom. The number of aryl methyl sites for hydroxylation is 1. The maximum atomic E-state index is 12.6. The SMILES string of the molecule is COc1cccc(CCC=C(F)CO)c1. The summed E-state index contributed by atoms with van der Waals surface area (Å²) in [7, 11) is 1.62. The van der Waals surface area contributed by atoms with Crippen molar-refractivity contribution in [1.82, 2.24) is 0 Å². The van der Waals surface area contributed by atoms with Crippen LogP contribution in [-0.4, -0.2) is 18.8 Å². The molecule has 0 saturated heterocycles. The second-order valence-corrected chi connectivity index (χ2v) is 3.20. The molecule has 0 unspecified atom stereocenters. The number of halogens is 1. The van der Waals surface area contributed by atoms with Gasteiger partial charge in [-0.25, -0.2) is 4.39 Å². The Hall–Kier alpha value is -1.35. The van der Waals surface area contributed by atoms with Crippen molar-refractivity contribution in [3.63, 3.8) is 0 Å². The van der Waals surface area contributed by atoms with Crippen LogP contribution in [0.1, 0.15) is 12.0 Å². The number of allylic oxidation sites excluding steroid dienone is 1. The zero-order valence-electron chi connectivity index (χ0n) is 8.74. The third-order valence-corrected chi connectivity index (χ3v) is 2.08. The molecule has 0 aliphatic carbocycles. The van der Waals surface area contributed by atoms with Gasteiger partial charge in [0.25, 0.3) is 0 Å². The number of ether oxygens (including phenoxy) is 1. The van der Waals surface area contributed by atoms with Gasteiger partial charge in [-0.3, -0.25) is 0 Å². The van der Waals surface area contributed by atoms with Gasteiger partial charge in [0, 0.05) is 0 Å². The van der Waals surface area contributed by atoms with Crippen LogP contribution in [0, 0.1) is 0 Å². The van der Waals surface area contributed by atoms with E-state index in [-0.39, 0.29) is 0 Å². The van der Waals surface area contributed by atoms with Gasteiger partial charge in [-0.15, -0.1) is 0 Å². The van der Waals surface area contributed by atoms with E-state index in [1.54, 1.807) is 7.11 Å². The molecule has 82 valence electrons. The van der Waals surface area contributed by atoms with E-state index >= 15 is 0 Å². The van der Waals surface area contributed by atoms with Crippen molar-refractivity contribution >= 4 is 0 Å². The number of hydrogen-bond acceptors (Lipinski definition) is 2. The van der Waals surface area contributed by atoms with Crippen LogP contribution in [0.3, 0.4) is 0 Å². The Morgan fingerprint density at radius 2 is 2.33 bits per heavy atom. The summed E-state index contributed by atoms with van der Waals surface area (Å²) in [6.07, 6.45) is 2.73. The van der Waals surface area contributed by atoms with Gasteiger partial charge in [-0.2, -0.15) is 0 Å². The number of aliphatic hydroxyl groups is 1. The standard InChI is InChI=1S/C12H15FO2/c1-15-12-7-3-5-10(8-12)4-2-6-11(13)9-14/h3,5-8,14H,2,4,9H2,1H3. The molecule has 0 aliphatic heterocycles. The minimum atomic E-state index is -0.516. The summed E-state index contributed by atoms with van der Waals surface area (Å²) >= 11 is 0. The first-order valence-corrected chi connectivity index (χ1v) is 4.84. The van der Waals surface area contributed by atoms with Crippen LogP contribution in [0.25, 0.3) is 0 Å². The number of methoxy groups -OCH3 is 1. The number of benzene rings is 1. The minimum absolute atomic E-state index is 0.474. The average Bonchev–Trinajstić information content (AvgIpc) is 2.29. The van der Waals surface area contributed by atoms with E-state index in [0.29, 0.717) is 6.42 Å². The Morgan fingerprint density at radius 1 is 1.53 bits per heavy atom. The molecular weight excluding hydrogens is 195 g/mol.